The molecule has 1 saturated heterocycles. The van der Waals surface area contributed by atoms with E-state index in [4.69, 9.17) is 0 Å². The zero-order valence-corrected chi connectivity index (χ0v) is 11.4. The molecule has 0 bridgehead atoms. The third kappa shape index (κ3) is 2.94. The molecule has 0 amide bonds. The van der Waals surface area contributed by atoms with E-state index in [1.165, 1.54) is 50.6 Å². The van der Waals surface area contributed by atoms with Gasteiger partial charge in [0.15, 0.2) is 0 Å². The molecule has 18 heavy (non-hydrogen) atoms. The molecule has 1 aromatic heterocycles. The highest BCUT2D eigenvalue weighted by Crippen LogP contribution is 2.33. The van der Waals surface area contributed by atoms with E-state index in [0.29, 0.717) is 12.1 Å². The quantitative estimate of drug-likeness (QED) is 0.865. The van der Waals surface area contributed by atoms with Crippen LogP contribution in [0.5, 0.6) is 0 Å². The topological polar surface area (TPSA) is 29.9 Å². The Morgan fingerprint density at radius 2 is 2.22 bits per heavy atom. The largest absolute Gasteiger partial charge is 0.333 e. The Morgan fingerprint density at radius 1 is 1.33 bits per heavy atom. The number of imidazole rings is 1. The standard InChI is InChI=1S/C15H25N3/c1-12-4-2-6-14(17-12)15-10-16-11-18(15)9-3-5-13-7-8-13/h10-14,17H,2-9H2,1H3. The summed E-state index contributed by atoms with van der Waals surface area (Å²) in [5.41, 5.74) is 1.40. The normalized spacial score (nSPS) is 28.5. The van der Waals surface area contributed by atoms with Crippen LogP contribution in [0.2, 0.25) is 0 Å². The van der Waals surface area contributed by atoms with Crippen LogP contribution in [-0.4, -0.2) is 15.6 Å². The Labute approximate surface area is 110 Å². The summed E-state index contributed by atoms with van der Waals surface area (Å²) in [6.45, 7) is 3.44. The minimum absolute atomic E-state index is 0.525. The van der Waals surface area contributed by atoms with Crippen LogP contribution in [0, 0.1) is 5.92 Å². The third-order valence-corrected chi connectivity index (χ3v) is 4.43. The monoisotopic (exact) mass is 247 g/mol. The second kappa shape index (κ2) is 5.43. The lowest BCUT2D eigenvalue weighted by atomic mass is 9.97. The predicted molar refractivity (Wildman–Crippen MR) is 73.4 cm³/mol. The molecule has 2 fully saturated rings. The molecule has 2 heterocycles. The zero-order chi connectivity index (χ0) is 12.4. The molecule has 3 rings (SSSR count). The Balaban J connectivity index is 1.58. The molecule has 3 nitrogen and oxygen atoms in total. The van der Waals surface area contributed by atoms with Crippen LogP contribution in [0.3, 0.4) is 0 Å². The van der Waals surface area contributed by atoms with E-state index in [-0.39, 0.29) is 0 Å². The smallest absolute Gasteiger partial charge is 0.0948 e. The van der Waals surface area contributed by atoms with E-state index in [9.17, 15) is 0 Å². The maximum atomic E-state index is 4.36. The first kappa shape index (κ1) is 12.2. The molecule has 100 valence electrons. The minimum atomic E-state index is 0.525. The number of nitrogens with zero attached hydrogens (tertiary/aromatic N) is 2. The number of rotatable bonds is 5. The Bertz CT molecular complexity index is 381. The molecule has 1 aliphatic heterocycles. The Morgan fingerprint density at radius 3 is 3.00 bits per heavy atom. The van der Waals surface area contributed by atoms with Gasteiger partial charge in [-0.25, -0.2) is 4.98 Å². The summed E-state index contributed by atoms with van der Waals surface area (Å²) in [5, 5.41) is 3.71. The first-order chi connectivity index (χ1) is 8.83. The molecule has 0 aromatic carbocycles. The number of hydrogen-bond donors (Lipinski definition) is 1. The van der Waals surface area contributed by atoms with Gasteiger partial charge in [0, 0.05) is 24.8 Å². The van der Waals surface area contributed by atoms with Crippen molar-refractivity contribution < 1.29 is 0 Å². The minimum Gasteiger partial charge on any atom is -0.333 e. The molecule has 2 aliphatic rings. The Hall–Kier alpha value is -0.830. The summed E-state index contributed by atoms with van der Waals surface area (Å²) in [7, 11) is 0. The van der Waals surface area contributed by atoms with Gasteiger partial charge in [-0.1, -0.05) is 12.8 Å². The van der Waals surface area contributed by atoms with E-state index in [1.54, 1.807) is 0 Å². The highest BCUT2D eigenvalue weighted by molar-refractivity contribution is 5.07. The van der Waals surface area contributed by atoms with Crippen molar-refractivity contribution in [3.8, 4) is 0 Å². The van der Waals surface area contributed by atoms with Crippen molar-refractivity contribution in [1.29, 1.82) is 0 Å². The van der Waals surface area contributed by atoms with Crippen LogP contribution in [0.15, 0.2) is 12.5 Å². The zero-order valence-electron chi connectivity index (χ0n) is 11.4. The van der Waals surface area contributed by atoms with Gasteiger partial charge < -0.3 is 9.88 Å². The molecular weight excluding hydrogens is 222 g/mol. The molecule has 0 spiro atoms. The highest BCUT2D eigenvalue weighted by atomic mass is 15.1. The van der Waals surface area contributed by atoms with Crippen LogP contribution >= 0.6 is 0 Å². The number of piperidine rings is 1. The van der Waals surface area contributed by atoms with Gasteiger partial charge in [0.2, 0.25) is 0 Å². The molecular formula is C15H25N3. The lowest BCUT2D eigenvalue weighted by molar-refractivity contribution is 0.328. The lowest BCUT2D eigenvalue weighted by Gasteiger charge is -2.29. The number of aryl methyl sites for hydroxylation is 1. The lowest BCUT2D eigenvalue weighted by Crippen LogP contribution is -2.35. The van der Waals surface area contributed by atoms with Crippen LogP contribution < -0.4 is 5.32 Å². The molecule has 1 aromatic rings. The first-order valence-corrected chi connectivity index (χ1v) is 7.59. The number of hydrogen-bond acceptors (Lipinski definition) is 2. The maximum Gasteiger partial charge on any atom is 0.0948 e. The van der Waals surface area contributed by atoms with Crippen molar-refractivity contribution in [3.05, 3.63) is 18.2 Å². The average molecular weight is 247 g/mol. The predicted octanol–water partition coefficient (Wildman–Crippen LogP) is 3.28. The molecule has 2 atom stereocenters. The fraction of sp³-hybridized carbons (Fsp3) is 0.800. The van der Waals surface area contributed by atoms with Gasteiger partial charge in [-0.15, -0.1) is 0 Å². The van der Waals surface area contributed by atoms with E-state index in [2.05, 4.69) is 28.0 Å². The van der Waals surface area contributed by atoms with Crippen molar-refractivity contribution in [2.75, 3.05) is 0 Å². The van der Waals surface area contributed by atoms with Gasteiger partial charge in [-0.2, -0.15) is 0 Å². The summed E-state index contributed by atoms with van der Waals surface area (Å²) >= 11 is 0. The third-order valence-electron chi connectivity index (χ3n) is 4.43. The molecule has 3 heteroatoms. The fourth-order valence-electron chi connectivity index (χ4n) is 3.14. The molecule has 0 radical (unpaired) electrons. The first-order valence-electron chi connectivity index (χ1n) is 7.59. The molecule has 1 saturated carbocycles. The van der Waals surface area contributed by atoms with E-state index in [1.807, 2.05) is 6.33 Å². The summed E-state index contributed by atoms with van der Waals surface area (Å²) in [5.74, 6) is 1.05. The molecule has 1 aliphatic carbocycles. The van der Waals surface area contributed by atoms with Crippen molar-refractivity contribution in [1.82, 2.24) is 14.9 Å². The van der Waals surface area contributed by atoms with Gasteiger partial charge in [0.05, 0.1) is 12.0 Å². The highest BCUT2D eigenvalue weighted by Gasteiger charge is 2.23. The van der Waals surface area contributed by atoms with Gasteiger partial charge >= 0.3 is 0 Å². The van der Waals surface area contributed by atoms with Crippen LogP contribution in [0.4, 0.5) is 0 Å². The van der Waals surface area contributed by atoms with Gasteiger partial charge in [-0.3, -0.25) is 0 Å². The van der Waals surface area contributed by atoms with Crippen molar-refractivity contribution in [3.63, 3.8) is 0 Å². The second-order valence-corrected chi connectivity index (χ2v) is 6.15. The van der Waals surface area contributed by atoms with Crippen molar-refractivity contribution in [2.24, 2.45) is 5.92 Å². The van der Waals surface area contributed by atoms with Crippen LogP contribution in [0.25, 0.3) is 0 Å². The SMILES string of the molecule is CC1CCCC(c2cncn2CCCC2CC2)N1. The van der Waals surface area contributed by atoms with E-state index in [0.717, 1.165) is 12.5 Å². The number of aromatic nitrogens is 2. The number of nitrogens with one attached hydrogen (secondary N) is 1. The van der Waals surface area contributed by atoms with Crippen LogP contribution in [-0.2, 0) is 6.54 Å². The summed E-state index contributed by atoms with van der Waals surface area (Å²) < 4.78 is 2.37. The van der Waals surface area contributed by atoms with E-state index < -0.39 is 0 Å². The van der Waals surface area contributed by atoms with Crippen LogP contribution in [0.1, 0.15) is 63.6 Å². The summed E-state index contributed by atoms with van der Waals surface area (Å²) in [6, 6.07) is 1.18. The van der Waals surface area contributed by atoms with Crippen molar-refractivity contribution in [2.45, 2.75) is 70.5 Å². The molecule has 1 N–H and O–H groups in total. The van der Waals surface area contributed by atoms with Gasteiger partial charge in [0.1, 0.15) is 0 Å². The molecule has 2 unspecified atom stereocenters. The fourth-order valence-corrected chi connectivity index (χ4v) is 3.14. The summed E-state index contributed by atoms with van der Waals surface area (Å²) in [6.07, 6.45) is 13.7. The van der Waals surface area contributed by atoms with Gasteiger partial charge in [-0.05, 0) is 44.9 Å². The average Bonchev–Trinajstić information content (AvgIpc) is 3.06. The van der Waals surface area contributed by atoms with Crippen molar-refractivity contribution >= 4 is 0 Å². The Kier molecular flexibility index (Phi) is 3.69. The van der Waals surface area contributed by atoms with E-state index >= 15 is 0 Å². The maximum absolute atomic E-state index is 4.36. The van der Waals surface area contributed by atoms with Gasteiger partial charge in [0.25, 0.3) is 0 Å². The summed E-state index contributed by atoms with van der Waals surface area (Å²) in [4.78, 5) is 4.36. The second-order valence-electron chi connectivity index (χ2n) is 6.15.